The molecule has 0 bridgehead atoms. The molecule has 0 spiro atoms. The zero-order chi connectivity index (χ0) is 12.7. The summed E-state index contributed by atoms with van der Waals surface area (Å²) in [6.45, 7) is 3.16. The topological polar surface area (TPSA) is 35.6 Å². The van der Waals surface area contributed by atoms with Gasteiger partial charge in [-0.3, -0.25) is 4.68 Å². The van der Waals surface area contributed by atoms with Gasteiger partial charge in [0.2, 0.25) is 0 Å². The van der Waals surface area contributed by atoms with Crippen molar-refractivity contribution in [3.63, 3.8) is 0 Å². The molecular formula is C13H19ClN4. The summed E-state index contributed by atoms with van der Waals surface area (Å²) in [5.74, 6) is 2.26. The molecule has 0 aromatic carbocycles. The predicted octanol–water partition coefficient (Wildman–Crippen LogP) is 2.87. The first kappa shape index (κ1) is 12.0. The van der Waals surface area contributed by atoms with Gasteiger partial charge in [-0.2, -0.15) is 5.10 Å². The molecule has 4 nitrogen and oxygen atoms in total. The van der Waals surface area contributed by atoms with Gasteiger partial charge >= 0.3 is 0 Å². The highest BCUT2D eigenvalue weighted by Crippen LogP contribution is 2.30. The Kier molecular flexibility index (Phi) is 3.06. The average Bonchev–Trinajstić information content (AvgIpc) is 2.82. The maximum atomic E-state index is 6.04. The third kappa shape index (κ3) is 1.74. The van der Waals surface area contributed by atoms with E-state index in [0.29, 0.717) is 5.88 Å². The van der Waals surface area contributed by atoms with Crippen molar-refractivity contribution in [1.82, 2.24) is 19.3 Å². The summed E-state index contributed by atoms with van der Waals surface area (Å²) in [5.41, 5.74) is 3.25. The summed E-state index contributed by atoms with van der Waals surface area (Å²) in [7, 11) is 2.00. The summed E-state index contributed by atoms with van der Waals surface area (Å²) in [5, 5.41) is 4.55. The first-order valence-electron chi connectivity index (χ1n) is 6.71. The van der Waals surface area contributed by atoms with Crippen molar-refractivity contribution in [2.75, 3.05) is 0 Å². The third-order valence-electron chi connectivity index (χ3n) is 3.99. The van der Waals surface area contributed by atoms with E-state index in [4.69, 9.17) is 11.6 Å². The van der Waals surface area contributed by atoms with E-state index in [9.17, 15) is 0 Å². The first-order chi connectivity index (χ1) is 8.74. The molecule has 1 fully saturated rings. The molecule has 0 aliphatic heterocycles. The first-order valence-corrected chi connectivity index (χ1v) is 7.25. The number of hydrogen-bond donors (Lipinski definition) is 0. The van der Waals surface area contributed by atoms with E-state index < -0.39 is 0 Å². The van der Waals surface area contributed by atoms with Crippen LogP contribution in [0.5, 0.6) is 0 Å². The van der Waals surface area contributed by atoms with Gasteiger partial charge in [0, 0.05) is 13.6 Å². The van der Waals surface area contributed by atoms with Gasteiger partial charge in [0.1, 0.15) is 11.3 Å². The van der Waals surface area contributed by atoms with Crippen LogP contribution in [-0.4, -0.2) is 19.3 Å². The van der Waals surface area contributed by atoms with E-state index in [0.717, 1.165) is 41.6 Å². The Morgan fingerprint density at radius 2 is 2.17 bits per heavy atom. The number of aryl methyl sites for hydroxylation is 2. The van der Waals surface area contributed by atoms with Gasteiger partial charge in [-0.05, 0) is 25.2 Å². The predicted molar refractivity (Wildman–Crippen MR) is 72.8 cm³/mol. The molecule has 2 heterocycles. The van der Waals surface area contributed by atoms with Gasteiger partial charge in [-0.25, -0.2) is 4.98 Å². The SMILES string of the molecule is CCc1nn(C)c2c1nc(CCl)n2CC1CCC1. The van der Waals surface area contributed by atoms with Gasteiger partial charge in [0.25, 0.3) is 0 Å². The lowest BCUT2D eigenvalue weighted by atomic mass is 9.85. The van der Waals surface area contributed by atoms with E-state index in [2.05, 4.69) is 21.6 Å². The molecule has 0 N–H and O–H groups in total. The zero-order valence-electron chi connectivity index (χ0n) is 11.0. The summed E-state index contributed by atoms with van der Waals surface area (Å²) in [4.78, 5) is 4.68. The monoisotopic (exact) mass is 266 g/mol. The summed E-state index contributed by atoms with van der Waals surface area (Å²) < 4.78 is 4.23. The van der Waals surface area contributed by atoms with Crippen LogP contribution < -0.4 is 0 Å². The van der Waals surface area contributed by atoms with Crippen LogP contribution >= 0.6 is 11.6 Å². The van der Waals surface area contributed by atoms with Crippen LogP contribution in [0.1, 0.15) is 37.7 Å². The number of aromatic nitrogens is 4. The number of rotatable bonds is 4. The van der Waals surface area contributed by atoms with Crippen LogP contribution in [0.3, 0.4) is 0 Å². The van der Waals surface area contributed by atoms with Crippen LogP contribution in [0.4, 0.5) is 0 Å². The second kappa shape index (κ2) is 4.57. The fraction of sp³-hybridized carbons (Fsp3) is 0.692. The Hall–Kier alpha value is -1.03. The number of fused-ring (bicyclic) bond motifs is 1. The largest absolute Gasteiger partial charge is 0.312 e. The molecule has 0 atom stereocenters. The minimum Gasteiger partial charge on any atom is -0.312 e. The Bertz CT molecular complexity index is 565. The molecule has 3 rings (SSSR count). The maximum absolute atomic E-state index is 6.04. The third-order valence-corrected chi connectivity index (χ3v) is 4.23. The Morgan fingerprint density at radius 1 is 1.39 bits per heavy atom. The number of alkyl halides is 1. The lowest BCUT2D eigenvalue weighted by Crippen LogP contribution is -2.20. The molecule has 0 saturated heterocycles. The van der Waals surface area contributed by atoms with Crippen molar-refractivity contribution < 1.29 is 0 Å². The second-order valence-corrected chi connectivity index (χ2v) is 5.43. The molecule has 1 saturated carbocycles. The van der Waals surface area contributed by atoms with Crippen molar-refractivity contribution in [3.05, 3.63) is 11.5 Å². The minimum absolute atomic E-state index is 0.477. The highest BCUT2D eigenvalue weighted by Gasteiger charge is 2.23. The average molecular weight is 267 g/mol. The van der Waals surface area contributed by atoms with Crippen molar-refractivity contribution in [3.8, 4) is 0 Å². The molecular weight excluding hydrogens is 248 g/mol. The Balaban J connectivity index is 2.10. The molecule has 0 radical (unpaired) electrons. The fourth-order valence-corrected chi connectivity index (χ4v) is 2.96. The summed E-state index contributed by atoms with van der Waals surface area (Å²) in [6, 6.07) is 0. The highest BCUT2D eigenvalue weighted by atomic mass is 35.5. The van der Waals surface area contributed by atoms with Crippen LogP contribution in [0, 0.1) is 5.92 Å². The zero-order valence-corrected chi connectivity index (χ0v) is 11.7. The molecule has 0 amide bonds. The maximum Gasteiger partial charge on any atom is 0.158 e. The lowest BCUT2D eigenvalue weighted by molar-refractivity contribution is 0.276. The standard InChI is InChI=1S/C13H19ClN4/c1-3-10-12-13(17(2)16-10)18(11(7-14)15-12)8-9-5-4-6-9/h9H,3-8H2,1-2H3. The van der Waals surface area contributed by atoms with Gasteiger partial charge in [0.05, 0.1) is 11.6 Å². The van der Waals surface area contributed by atoms with E-state index in [1.54, 1.807) is 0 Å². The number of halogens is 1. The molecule has 2 aromatic heterocycles. The van der Waals surface area contributed by atoms with E-state index in [-0.39, 0.29) is 0 Å². The van der Waals surface area contributed by atoms with Crippen LogP contribution in [0.25, 0.3) is 11.2 Å². The minimum atomic E-state index is 0.477. The molecule has 98 valence electrons. The highest BCUT2D eigenvalue weighted by molar-refractivity contribution is 6.16. The van der Waals surface area contributed by atoms with Crippen LogP contribution in [0.2, 0.25) is 0 Å². The van der Waals surface area contributed by atoms with Crippen LogP contribution in [-0.2, 0) is 25.9 Å². The summed E-state index contributed by atoms with van der Waals surface area (Å²) >= 11 is 6.04. The normalized spacial score (nSPS) is 16.4. The van der Waals surface area contributed by atoms with Crippen molar-refractivity contribution in [2.24, 2.45) is 13.0 Å². The fourth-order valence-electron chi connectivity index (χ4n) is 2.75. The van der Waals surface area contributed by atoms with Crippen molar-refractivity contribution in [2.45, 2.75) is 45.0 Å². The summed E-state index contributed by atoms with van der Waals surface area (Å²) in [6.07, 6.45) is 4.95. The van der Waals surface area contributed by atoms with E-state index in [1.165, 1.54) is 19.3 Å². The van der Waals surface area contributed by atoms with Crippen molar-refractivity contribution >= 4 is 22.8 Å². The molecule has 1 aliphatic carbocycles. The van der Waals surface area contributed by atoms with E-state index >= 15 is 0 Å². The molecule has 18 heavy (non-hydrogen) atoms. The van der Waals surface area contributed by atoms with Gasteiger partial charge in [-0.1, -0.05) is 13.3 Å². The second-order valence-electron chi connectivity index (χ2n) is 5.17. The van der Waals surface area contributed by atoms with E-state index in [1.807, 2.05) is 11.7 Å². The number of hydrogen-bond acceptors (Lipinski definition) is 2. The molecule has 2 aromatic rings. The smallest absolute Gasteiger partial charge is 0.158 e. The molecule has 1 aliphatic rings. The van der Waals surface area contributed by atoms with Gasteiger partial charge in [0.15, 0.2) is 5.65 Å². The Labute approximate surface area is 112 Å². The van der Waals surface area contributed by atoms with Gasteiger partial charge in [-0.15, -0.1) is 11.6 Å². The van der Waals surface area contributed by atoms with Gasteiger partial charge < -0.3 is 4.57 Å². The van der Waals surface area contributed by atoms with Crippen LogP contribution in [0.15, 0.2) is 0 Å². The lowest BCUT2D eigenvalue weighted by Gasteiger charge is -2.26. The Morgan fingerprint density at radius 3 is 2.72 bits per heavy atom. The molecule has 0 unspecified atom stereocenters. The quantitative estimate of drug-likeness (QED) is 0.798. The van der Waals surface area contributed by atoms with Crippen molar-refractivity contribution in [1.29, 1.82) is 0 Å². The molecule has 5 heteroatoms. The number of imidazole rings is 1. The number of nitrogens with zero attached hydrogens (tertiary/aromatic N) is 4.